The zero-order valence-corrected chi connectivity index (χ0v) is 9.71. The quantitative estimate of drug-likeness (QED) is 0.611. The number of benzene rings is 1. The Labute approximate surface area is 92.3 Å². The van der Waals surface area contributed by atoms with Gasteiger partial charge in [0.15, 0.2) is 0 Å². The number of hydrogen-bond acceptors (Lipinski definition) is 2. The van der Waals surface area contributed by atoms with E-state index in [0.717, 1.165) is 17.7 Å². The summed E-state index contributed by atoms with van der Waals surface area (Å²) in [5, 5.41) is 0.834. The van der Waals surface area contributed by atoms with Crippen molar-refractivity contribution in [2.75, 3.05) is 13.2 Å². The van der Waals surface area contributed by atoms with Crippen LogP contribution in [0.4, 0.5) is 0 Å². The molecule has 0 bridgehead atoms. The minimum Gasteiger partial charge on any atom is -0.490 e. The molecule has 0 N–H and O–H groups in total. The van der Waals surface area contributed by atoms with Gasteiger partial charge in [0, 0.05) is 10.9 Å². The molecule has 1 aliphatic rings. The Hall–Kier alpha value is -0.540. The van der Waals surface area contributed by atoms with E-state index in [1.165, 1.54) is 11.1 Å². The van der Waals surface area contributed by atoms with Crippen LogP contribution in [0.5, 0.6) is 5.75 Å². The molecule has 0 aliphatic carbocycles. The van der Waals surface area contributed by atoms with Crippen molar-refractivity contribution in [3.63, 3.8) is 0 Å². The highest BCUT2D eigenvalue weighted by Crippen LogP contribution is 2.25. The zero-order chi connectivity index (χ0) is 9.97. The molecule has 1 unspecified atom stereocenters. The molecule has 0 aromatic heterocycles. The number of alkyl halides is 1. The second-order valence-electron chi connectivity index (χ2n) is 3.45. The van der Waals surface area contributed by atoms with Crippen LogP contribution in [0.25, 0.3) is 0 Å². The molecule has 0 saturated carbocycles. The van der Waals surface area contributed by atoms with Crippen molar-refractivity contribution in [2.24, 2.45) is 0 Å². The number of rotatable bonds is 4. The topological polar surface area (TPSA) is 21.8 Å². The molecule has 1 aromatic carbocycles. The Bertz CT molecular complexity index is 321. The van der Waals surface area contributed by atoms with Crippen molar-refractivity contribution >= 4 is 15.9 Å². The van der Waals surface area contributed by atoms with E-state index in [4.69, 9.17) is 9.47 Å². The third-order valence-corrected chi connectivity index (χ3v) is 2.89. The highest BCUT2D eigenvalue weighted by molar-refractivity contribution is 9.08. The van der Waals surface area contributed by atoms with Gasteiger partial charge in [-0.25, -0.2) is 0 Å². The molecular weight excluding hydrogens is 244 g/mol. The van der Waals surface area contributed by atoms with Gasteiger partial charge in [0.2, 0.25) is 0 Å². The number of aryl methyl sites for hydroxylation is 1. The van der Waals surface area contributed by atoms with Crippen molar-refractivity contribution in [3.8, 4) is 5.75 Å². The van der Waals surface area contributed by atoms with Crippen molar-refractivity contribution in [1.29, 1.82) is 0 Å². The highest BCUT2D eigenvalue weighted by Gasteiger charge is 2.23. The predicted octanol–water partition coefficient (Wildman–Crippen LogP) is 2.67. The standard InChI is InChI=1S/C11H13BrO2/c1-8-3-2-4-11(10(8)5-12)14-7-9-6-13-9/h2-4,9H,5-7H2,1H3. The fourth-order valence-electron chi connectivity index (χ4n) is 1.33. The number of halogens is 1. The molecule has 2 rings (SSSR count). The minimum absolute atomic E-state index is 0.318. The third-order valence-electron chi connectivity index (χ3n) is 2.33. The van der Waals surface area contributed by atoms with Gasteiger partial charge in [-0.3, -0.25) is 0 Å². The monoisotopic (exact) mass is 256 g/mol. The lowest BCUT2D eigenvalue weighted by Gasteiger charge is -2.10. The van der Waals surface area contributed by atoms with Gasteiger partial charge in [0.1, 0.15) is 18.5 Å². The average Bonchev–Trinajstić information content (AvgIpc) is 2.98. The van der Waals surface area contributed by atoms with Gasteiger partial charge in [-0.15, -0.1) is 0 Å². The van der Waals surface area contributed by atoms with E-state index in [-0.39, 0.29) is 0 Å². The summed E-state index contributed by atoms with van der Waals surface area (Å²) >= 11 is 3.47. The van der Waals surface area contributed by atoms with Gasteiger partial charge >= 0.3 is 0 Å². The number of hydrogen-bond donors (Lipinski definition) is 0. The smallest absolute Gasteiger partial charge is 0.123 e. The second-order valence-corrected chi connectivity index (χ2v) is 4.01. The fraction of sp³-hybridized carbons (Fsp3) is 0.455. The molecule has 0 radical (unpaired) electrons. The molecule has 1 fully saturated rings. The molecule has 14 heavy (non-hydrogen) atoms. The van der Waals surface area contributed by atoms with E-state index < -0.39 is 0 Å². The maximum absolute atomic E-state index is 5.68. The fourth-order valence-corrected chi connectivity index (χ4v) is 2.05. The zero-order valence-electron chi connectivity index (χ0n) is 8.13. The van der Waals surface area contributed by atoms with Crippen LogP contribution in [0.1, 0.15) is 11.1 Å². The summed E-state index contributed by atoms with van der Waals surface area (Å²) in [5.41, 5.74) is 2.49. The summed E-state index contributed by atoms with van der Waals surface area (Å²) in [6.45, 7) is 3.61. The summed E-state index contributed by atoms with van der Waals surface area (Å²) in [4.78, 5) is 0. The maximum Gasteiger partial charge on any atom is 0.123 e. The molecule has 1 aromatic rings. The van der Waals surface area contributed by atoms with Crippen LogP contribution in [0.2, 0.25) is 0 Å². The largest absolute Gasteiger partial charge is 0.490 e. The van der Waals surface area contributed by atoms with Crippen LogP contribution in [0.15, 0.2) is 18.2 Å². The van der Waals surface area contributed by atoms with Crippen LogP contribution in [0.3, 0.4) is 0 Å². The van der Waals surface area contributed by atoms with Gasteiger partial charge in [0.05, 0.1) is 6.61 Å². The molecule has 1 aliphatic heterocycles. The van der Waals surface area contributed by atoms with Crippen LogP contribution >= 0.6 is 15.9 Å². The first-order valence-corrected chi connectivity index (χ1v) is 5.82. The lowest BCUT2D eigenvalue weighted by atomic mass is 10.1. The van der Waals surface area contributed by atoms with E-state index in [0.29, 0.717) is 12.7 Å². The highest BCUT2D eigenvalue weighted by atomic mass is 79.9. The maximum atomic E-state index is 5.68. The Morgan fingerprint density at radius 1 is 1.57 bits per heavy atom. The molecule has 0 amide bonds. The van der Waals surface area contributed by atoms with Crippen LogP contribution in [-0.4, -0.2) is 19.3 Å². The van der Waals surface area contributed by atoms with Gasteiger partial charge in [-0.2, -0.15) is 0 Å². The van der Waals surface area contributed by atoms with Gasteiger partial charge in [-0.05, 0) is 18.6 Å². The van der Waals surface area contributed by atoms with Crippen LogP contribution < -0.4 is 4.74 Å². The Balaban J connectivity index is 2.09. The van der Waals surface area contributed by atoms with E-state index in [2.05, 4.69) is 28.9 Å². The molecule has 1 saturated heterocycles. The van der Waals surface area contributed by atoms with Crippen molar-refractivity contribution < 1.29 is 9.47 Å². The first-order chi connectivity index (χ1) is 6.81. The lowest BCUT2D eigenvalue weighted by Crippen LogP contribution is -2.06. The number of epoxide rings is 1. The molecule has 1 heterocycles. The molecular formula is C11H13BrO2. The third kappa shape index (κ3) is 2.28. The summed E-state index contributed by atoms with van der Waals surface area (Å²) in [6, 6.07) is 6.12. The van der Waals surface area contributed by atoms with E-state index in [1.54, 1.807) is 0 Å². The summed E-state index contributed by atoms with van der Waals surface area (Å²) in [6.07, 6.45) is 0.318. The second kappa shape index (κ2) is 4.32. The van der Waals surface area contributed by atoms with E-state index >= 15 is 0 Å². The van der Waals surface area contributed by atoms with Crippen molar-refractivity contribution in [2.45, 2.75) is 18.4 Å². The van der Waals surface area contributed by atoms with Crippen LogP contribution in [0, 0.1) is 6.92 Å². The molecule has 2 nitrogen and oxygen atoms in total. The average molecular weight is 257 g/mol. The van der Waals surface area contributed by atoms with Gasteiger partial charge in [-0.1, -0.05) is 28.1 Å². The van der Waals surface area contributed by atoms with Crippen LogP contribution in [-0.2, 0) is 10.1 Å². The predicted molar refractivity (Wildman–Crippen MR) is 59.0 cm³/mol. The Kier molecular flexibility index (Phi) is 3.08. The summed E-state index contributed by atoms with van der Waals surface area (Å²) in [5.74, 6) is 0.970. The van der Waals surface area contributed by atoms with E-state index in [9.17, 15) is 0 Å². The summed E-state index contributed by atoms with van der Waals surface area (Å²) in [7, 11) is 0. The first-order valence-electron chi connectivity index (χ1n) is 4.70. The minimum atomic E-state index is 0.318. The SMILES string of the molecule is Cc1cccc(OCC2CO2)c1CBr. The van der Waals surface area contributed by atoms with Gasteiger partial charge in [0.25, 0.3) is 0 Å². The lowest BCUT2D eigenvalue weighted by molar-refractivity contribution is 0.261. The Morgan fingerprint density at radius 3 is 3.00 bits per heavy atom. The van der Waals surface area contributed by atoms with Crippen molar-refractivity contribution in [3.05, 3.63) is 29.3 Å². The molecule has 3 heteroatoms. The normalized spacial score (nSPS) is 19.4. The Morgan fingerprint density at radius 2 is 2.36 bits per heavy atom. The first kappa shape index (κ1) is 9.99. The van der Waals surface area contributed by atoms with E-state index in [1.807, 2.05) is 12.1 Å². The van der Waals surface area contributed by atoms with Crippen molar-refractivity contribution in [1.82, 2.24) is 0 Å². The number of ether oxygens (including phenoxy) is 2. The molecule has 1 atom stereocenters. The molecule has 0 spiro atoms. The van der Waals surface area contributed by atoms with Gasteiger partial charge < -0.3 is 9.47 Å². The molecule has 76 valence electrons. The summed E-state index contributed by atoms with van der Waals surface area (Å²) < 4.78 is 10.8.